The number of hydrogen-bond acceptors (Lipinski definition) is 4. The number of benzene rings is 2. The molecule has 2 aromatic carbocycles. The molecule has 0 atom stereocenters. The Morgan fingerprint density at radius 3 is 2.59 bits per heavy atom. The first-order valence-electron chi connectivity index (χ1n) is 9.10. The normalized spacial score (nSPS) is 10.9. The van der Waals surface area contributed by atoms with Gasteiger partial charge in [0, 0.05) is 17.1 Å². The lowest BCUT2D eigenvalue weighted by Crippen LogP contribution is -2.27. The van der Waals surface area contributed by atoms with Crippen LogP contribution in [0.3, 0.4) is 0 Å². The van der Waals surface area contributed by atoms with Crippen LogP contribution in [0.15, 0.2) is 71.9 Å². The molecule has 0 spiro atoms. The first-order valence-corrected chi connectivity index (χ1v) is 9.48. The van der Waals surface area contributed by atoms with Gasteiger partial charge in [0.15, 0.2) is 5.65 Å². The van der Waals surface area contributed by atoms with Gasteiger partial charge in [0.2, 0.25) is 0 Å². The molecule has 0 saturated heterocycles. The molecular formula is C21H18ClN5O2. The van der Waals surface area contributed by atoms with Gasteiger partial charge in [-0.15, -0.1) is 0 Å². The van der Waals surface area contributed by atoms with Crippen LogP contribution in [0.5, 0.6) is 0 Å². The minimum atomic E-state index is -0.198. The van der Waals surface area contributed by atoms with E-state index in [4.69, 9.17) is 11.6 Å². The molecule has 8 heteroatoms. The van der Waals surface area contributed by atoms with E-state index in [-0.39, 0.29) is 11.5 Å². The molecule has 4 rings (SSSR count). The maximum atomic E-state index is 12.7. The van der Waals surface area contributed by atoms with Crippen LogP contribution < -0.4 is 10.9 Å². The summed E-state index contributed by atoms with van der Waals surface area (Å²) in [5.41, 5.74) is 1.91. The molecule has 2 heterocycles. The molecule has 1 amide bonds. The Labute approximate surface area is 171 Å². The Morgan fingerprint density at radius 1 is 1.07 bits per heavy atom. The summed E-state index contributed by atoms with van der Waals surface area (Å²) in [7, 11) is 0. The fourth-order valence-corrected chi connectivity index (χ4v) is 3.16. The smallest absolute Gasteiger partial charge is 0.264 e. The quantitative estimate of drug-likeness (QED) is 0.532. The molecule has 0 bridgehead atoms. The van der Waals surface area contributed by atoms with E-state index >= 15 is 0 Å². The van der Waals surface area contributed by atoms with E-state index in [0.29, 0.717) is 41.3 Å². The monoisotopic (exact) mass is 407 g/mol. The number of nitrogens with one attached hydrogen (secondary N) is 1. The number of carbonyl (C=O) groups is 1. The number of carbonyl (C=O) groups excluding carboxylic acids is 1. The predicted octanol–water partition coefficient (Wildman–Crippen LogP) is 2.72. The SMILES string of the molecule is O=C(NCCn1ncc2c(=O)n(Cc3ccccc3)cnc21)c1ccc(Cl)cc1. The lowest BCUT2D eigenvalue weighted by Gasteiger charge is -2.08. The Kier molecular flexibility index (Phi) is 5.39. The van der Waals surface area contributed by atoms with E-state index in [2.05, 4.69) is 15.4 Å². The number of amides is 1. The molecule has 1 N–H and O–H groups in total. The second-order valence-electron chi connectivity index (χ2n) is 6.53. The highest BCUT2D eigenvalue weighted by atomic mass is 35.5. The van der Waals surface area contributed by atoms with Crippen LogP contribution in [-0.4, -0.2) is 31.8 Å². The highest BCUT2D eigenvalue weighted by Gasteiger charge is 2.11. The van der Waals surface area contributed by atoms with E-state index in [0.717, 1.165) is 5.56 Å². The first-order chi connectivity index (χ1) is 14.1. The molecule has 0 unspecified atom stereocenters. The van der Waals surface area contributed by atoms with Crippen LogP contribution in [0.25, 0.3) is 11.0 Å². The fraction of sp³-hybridized carbons (Fsp3) is 0.143. The second-order valence-corrected chi connectivity index (χ2v) is 6.97. The summed E-state index contributed by atoms with van der Waals surface area (Å²) in [6, 6.07) is 16.4. The molecule has 0 aliphatic rings. The van der Waals surface area contributed by atoms with Gasteiger partial charge < -0.3 is 5.32 Å². The van der Waals surface area contributed by atoms with Crippen LogP contribution in [0.2, 0.25) is 5.02 Å². The molecule has 0 radical (unpaired) electrons. The zero-order valence-corrected chi connectivity index (χ0v) is 16.2. The third kappa shape index (κ3) is 4.20. The topological polar surface area (TPSA) is 81.8 Å². The minimum absolute atomic E-state index is 0.143. The van der Waals surface area contributed by atoms with Gasteiger partial charge in [-0.2, -0.15) is 5.10 Å². The number of rotatable bonds is 6. The average Bonchev–Trinajstić information content (AvgIpc) is 3.15. The van der Waals surface area contributed by atoms with Crippen LogP contribution in [-0.2, 0) is 13.1 Å². The maximum Gasteiger partial charge on any atom is 0.264 e. The minimum Gasteiger partial charge on any atom is -0.350 e. The van der Waals surface area contributed by atoms with Crippen molar-refractivity contribution in [1.29, 1.82) is 0 Å². The van der Waals surface area contributed by atoms with E-state index in [1.165, 1.54) is 12.5 Å². The van der Waals surface area contributed by atoms with Gasteiger partial charge in [-0.1, -0.05) is 41.9 Å². The summed E-state index contributed by atoms with van der Waals surface area (Å²) >= 11 is 5.84. The van der Waals surface area contributed by atoms with Gasteiger partial charge in [0.05, 0.1) is 19.3 Å². The van der Waals surface area contributed by atoms with Gasteiger partial charge in [-0.3, -0.25) is 14.2 Å². The van der Waals surface area contributed by atoms with E-state index in [1.54, 1.807) is 33.5 Å². The molecule has 4 aromatic rings. The standard InChI is InChI=1S/C21H18ClN5O2/c22-17-8-6-16(7-9-17)20(28)23-10-11-27-19-18(12-25-27)21(29)26(14-24-19)13-15-4-2-1-3-5-15/h1-9,12,14H,10-11,13H2,(H,23,28). The van der Waals surface area contributed by atoms with Crippen LogP contribution >= 0.6 is 11.6 Å². The molecule has 0 aliphatic carbocycles. The Hall–Kier alpha value is -3.45. The van der Waals surface area contributed by atoms with Crippen molar-refractivity contribution in [1.82, 2.24) is 24.6 Å². The summed E-state index contributed by atoms with van der Waals surface area (Å²) in [6.07, 6.45) is 3.05. The van der Waals surface area contributed by atoms with E-state index in [1.807, 2.05) is 30.3 Å². The van der Waals surface area contributed by atoms with Crippen molar-refractivity contribution in [2.75, 3.05) is 6.54 Å². The van der Waals surface area contributed by atoms with Crippen molar-refractivity contribution in [3.63, 3.8) is 0 Å². The second kappa shape index (κ2) is 8.28. The largest absolute Gasteiger partial charge is 0.350 e. The summed E-state index contributed by atoms with van der Waals surface area (Å²) < 4.78 is 3.18. The van der Waals surface area contributed by atoms with Crippen molar-refractivity contribution in [2.45, 2.75) is 13.1 Å². The maximum absolute atomic E-state index is 12.7. The van der Waals surface area contributed by atoms with Gasteiger partial charge in [0.25, 0.3) is 11.5 Å². The van der Waals surface area contributed by atoms with Gasteiger partial charge in [-0.05, 0) is 29.8 Å². The fourth-order valence-electron chi connectivity index (χ4n) is 3.03. The van der Waals surface area contributed by atoms with Gasteiger partial charge >= 0.3 is 0 Å². The number of halogens is 1. The Balaban J connectivity index is 1.45. The lowest BCUT2D eigenvalue weighted by molar-refractivity contribution is 0.0952. The summed E-state index contributed by atoms with van der Waals surface area (Å²) in [5, 5.41) is 8.11. The van der Waals surface area contributed by atoms with E-state index in [9.17, 15) is 9.59 Å². The molecule has 0 fully saturated rings. The molecule has 29 heavy (non-hydrogen) atoms. The number of aromatic nitrogens is 4. The number of nitrogens with zero attached hydrogens (tertiary/aromatic N) is 4. The van der Waals surface area contributed by atoms with Crippen LogP contribution in [0, 0.1) is 0 Å². The van der Waals surface area contributed by atoms with Gasteiger partial charge in [0.1, 0.15) is 11.7 Å². The number of fused-ring (bicyclic) bond motifs is 1. The van der Waals surface area contributed by atoms with Crippen molar-refractivity contribution in [3.8, 4) is 0 Å². The summed E-state index contributed by atoms with van der Waals surface area (Å²) in [4.78, 5) is 29.3. The molecule has 2 aromatic heterocycles. The molecule has 0 aliphatic heterocycles. The van der Waals surface area contributed by atoms with Crippen LogP contribution in [0.4, 0.5) is 0 Å². The Morgan fingerprint density at radius 2 is 1.83 bits per heavy atom. The predicted molar refractivity (Wildman–Crippen MR) is 111 cm³/mol. The first kappa shape index (κ1) is 18.9. The summed E-state index contributed by atoms with van der Waals surface area (Å²) in [6.45, 7) is 1.20. The molecule has 0 saturated carbocycles. The van der Waals surface area contributed by atoms with Crippen molar-refractivity contribution in [2.24, 2.45) is 0 Å². The molecule has 146 valence electrons. The lowest BCUT2D eigenvalue weighted by atomic mass is 10.2. The zero-order valence-electron chi connectivity index (χ0n) is 15.5. The average molecular weight is 408 g/mol. The Bertz CT molecular complexity index is 1200. The highest BCUT2D eigenvalue weighted by molar-refractivity contribution is 6.30. The van der Waals surface area contributed by atoms with Crippen molar-refractivity contribution in [3.05, 3.63) is 93.6 Å². The van der Waals surface area contributed by atoms with Gasteiger partial charge in [-0.25, -0.2) is 9.67 Å². The zero-order chi connectivity index (χ0) is 20.2. The summed E-state index contributed by atoms with van der Waals surface area (Å²) in [5.74, 6) is -0.198. The third-order valence-electron chi connectivity index (χ3n) is 4.53. The van der Waals surface area contributed by atoms with Crippen molar-refractivity contribution >= 4 is 28.5 Å². The number of hydrogen-bond donors (Lipinski definition) is 1. The highest BCUT2D eigenvalue weighted by Crippen LogP contribution is 2.10. The van der Waals surface area contributed by atoms with E-state index < -0.39 is 0 Å². The third-order valence-corrected chi connectivity index (χ3v) is 4.79. The molecule has 7 nitrogen and oxygen atoms in total. The molecular weight excluding hydrogens is 390 g/mol. The van der Waals surface area contributed by atoms with Crippen LogP contribution in [0.1, 0.15) is 15.9 Å². The van der Waals surface area contributed by atoms with Crippen molar-refractivity contribution < 1.29 is 4.79 Å².